The molecule has 2 aliphatic carbocycles. The van der Waals surface area contributed by atoms with Gasteiger partial charge >= 0.3 is 0 Å². The Bertz CT molecular complexity index is 782. The van der Waals surface area contributed by atoms with Gasteiger partial charge in [-0.15, -0.1) is 0 Å². The van der Waals surface area contributed by atoms with Gasteiger partial charge in [-0.05, 0) is 44.6 Å². The fourth-order valence-electron chi connectivity index (χ4n) is 4.82. The van der Waals surface area contributed by atoms with Crippen molar-refractivity contribution in [1.29, 1.82) is 15.8 Å². The number of nitrogens with zero attached hydrogens (tertiary/aromatic N) is 4. The molecule has 3 unspecified atom stereocenters. The SMILES string of the molecule is CC(C)N1CC=C2C(C#N)=C(N)C(C#N)(C#N)C(C3C=CCCC3)C2C1. The summed E-state index contributed by atoms with van der Waals surface area (Å²) >= 11 is 0. The van der Waals surface area contributed by atoms with Crippen LogP contribution in [0.3, 0.4) is 0 Å². The van der Waals surface area contributed by atoms with Gasteiger partial charge in [-0.2, -0.15) is 15.8 Å². The van der Waals surface area contributed by atoms with E-state index >= 15 is 0 Å². The third-order valence-electron chi connectivity index (χ3n) is 6.24. The van der Waals surface area contributed by atoms with E-state index in [1.54, 1.807) is 0 Å². The molecule has 3 atom stereocenters. The van der Waals surface area contributed by atoms with E-state index in [1.807, 2.05) is 0 Å². The average Bonchev–Trinajstić information content (AvgIpc) is 2.67. The van der Waals surface area contributed by atoms with Gasteiger partial charge in [-0.1, -0.05) is 18.2 Å². The minimum absolute atomic E-state index is 0.0276. The van der Waals surface area contributed by atoms with E-state index in [-0.39, 0.29) is 23.5 Å². The van der Waals surface area contributed by atoms with Crippen molar-refractivity contribution >= 4 is 0 Å². The van der Waals surface area contributed by atoms with Crippen LogP contribution >= 0.6 is 0 Å². The lowest BCUT2D eigenvalue weighted by atomic mass is 9.55. The van der Waals surface area contributed by atoms with E-state index in [0.717, 1.165) is 37.9 Å². The highest BCUT2D eigenvalue weighted by atomic mass is 15.2. The first-order chi connectivity index (χ1) is 12.5. The van der Waals surface area contributed by atoms with Crippen LogP contribution in [0.25, 0.3) is 0 Å². The molecule has 134 valence electrons. The van der Waals surface area contributed by atoms with Crippen LogP contribution < -0.4 is 5.73 Å². The van der Waals surface area contributed by atoms with Gasteiger partial charge < -0.3 is 5.73 Å². The smallest absolute Gasteiger partial charge is 0.187 e. The van der Waals surface area contributed by atoms with E-state index in [1.165, 1.54) is 0 Å². The zero-order valence-electron chi connectivity index (χ0n) is 15.4. The summed E-state index contributed by atoms with van der Waals surface area (Å²) in [6.45, 7) is 5.81. The van der Waals surface area contributed by atoms with Crippen LogP contribution in [0, 0.1) is 57.2 Å². The van der Waals surface area contributed by atoms with Crippen LogP contribution in [0.1, 0.15) is 33.1 Å². The minimum Gasteiger partial charge on any atom is -0.399 e. The topological polar surface area (TPSA) is 101 Å². The molecule has 0 amide bonds. The molecule has 0 spiro atoms. The number of hydrogen-bond donors (Lipinski definition) is 1. The first-order valence-electron chi connectivity index (χ1n) is 9.34. The van der Waals surface area contributed by atoms with Crippen molar-refractivity contribution in [2.75, 3.05) is 13.1 Å². The standard InChI is InChI=1S/C21H25N5/c1-14(2)26-9-8-16-17(10-22)20(25)21(12-23,13-24)19(18(16)11-26)15-6-4-3-5-7-15/h4,6,8,14-15,18-19H,3,5,7,9,11,25H2,1-2H3. The van der Waals surface area contributed by atoms with E-state index in [4.69, 9.17) is 5.73 Å². The van der Waals surface area contributed by atoms with E-state index in [2.05, 4.69) is 55.2 Å². The van der Waals surface area contributed by atoms with Crippen molar-refractivity contribution in [3.8, 4) is 18.2 Å². The maximum Gasteiger partial charge on any atom is 0.187 e. The van der Waals surface area contributed by atoms with Gasteiger partial charge in [0.25, 0.3) is 0 Å². The highest BCUT2D eigenvalue weighted by Gasteiger charge is 2.55. The molecule has 1 heterocycles. The zero-order chi connectivity index (χ0) is 18.9. The summed E-state index contributed by atoms with van der Waals surface area (Å²) in [5.41, 5.74) is 6.31. The lowest BCUT2D eigenvalue weighted by molar-refractivity contribution is 0.113. The predicted molar refractivity (Wildman–Crippen MR) is 98.7 cm³/mol. The first-order valence-corrected chi connectivity index (χ1v) is 9.34. The van der Waals surface area contributed by atoms with Crippen LogP contribution in [0.15, 0.2) is 35.1 Å². The van der Waals surface area contributed by atoms with Gasteiger partial charge in [0.05, 0.1) is 23.4 Å². The number of nitrogens with two attached hydrogens (primary N) is 1. The number of nitriles is 3. The van der Waals surface area contributed by atoms with Crippen LogP contribution in [0.5, 0.6) is 0 Å². The van der Waals surface area contributed by atoms with E-state index < -0.39 is 5.41 Å². The lowest BCUT2D eigenvalue weighted by Gasteiger charge is -2.49. The van der Waals surface area contributed by atoms with Crippen molar-refractivity contribution in [2.45, 2.75) is 39.2 Å². The summed E-state index contributed by atoms with van der Waals surface area (Å²) in [6.07, 6.45) is 9.44. The third-order valence-corrected chi connectivity index (χ3v) is 6.24. The molecule has 0 aromatic heterocycles. The molecule has 0 fully saturated rings. The van der Waals surface area contributed by atoms with Gasteiger partial charge in [0.2, 0.25) is 0 Å². The zero-order valence-corrected chi connectivity index (χ0v) is 15.4. The van der Waals surface area contributed by atoms with Crippen molar-refractivity contribution in [3.63, 3.8) is 0 Å². The van der Waals surface area contributed by atoms with Gasteiger partial charge in [-0.3, -0.25) is 4.90 Å². The first kappa shape index (κ1) is 18.2. The molecule has 0 radical (unpaired) electrons. The monoisotopic (exact) mass is 347 g/mol. The number of hydrogen-bond acceptors (Lipinski definition) is 5. The Balaban J connectivity index is 2.21. The molecule has 3 aliphatic rings. The van der Waals surface area contributed by atoms with Crippen molar-refractivity contribution < 1.29 is 0 Å². The van der Waals surface area contributed by atoms with E-state index in [9.17, 15) is 15.8 Å². The van der Waals surface area contributed by atoms with Gasteiger partial charge in [-0.25, -0.2) is 0 Å². The van der Waals surface area contributed by atoms with Crippen LogP contribution in [-0.4, -0.2) is 24.0 Å². The normalized spacial score (nSPS) is 30.8. The Morgan fingerprint density at radius 2 is 2.00 bits per heavy atom. The molecular weight excluding hydrogens is 322 g/mol. The van der Waals surface area contributed by atoms with E-state index in [0.29, 0.717) is 11.6 Å². The average molecular weight is 347 g/mol. The molecular formula is C21H25N5. The Morgan fingerprint density at radius 1 is 1.27 bits per heavy atom. The number of fused-ring (bicyclic) bond motifs is 1. The quantitative estimate of drug-likeness (QED) is 0.774. The molecule has 1 aliphatic heterocycles. The van der Waals surface area contributed by atoms with Crippen molar-refractivity contribution in [1.82, 2.24) is 4.90 Å². The summed E-state index contributed by atoms with van der Waals surface area (Å²) in [4.78, 5) is 2.34. The second kappa shape index (κ2) is 6.99. The molecule has 0 aromatic rings. The summed E-state index contributed by atoms with van der Waals surface area (Å²) in [6, 6.07) is 7.02. The molecule has 0 bridgehead atoms. The predicted octanol–water partition coefficient (Wildman–Crippen LogP) is 3.01. The molecule has 5 nitrogen and oxygen atoms in total. The Morgan fingerprint density at radius 3 is 2.54 bits per heavy atom. The highest BCUT2D eigenvalue weighted by molar-refractivity contribution is 5.57. The molecule has 5 heteroatoms. The molecule has 26 heavy (non-hydrogen) atoms. The summed E-state index contributed by atoms with van der Waals surface area (Å²) < 4.78 is 0. The summed E-state index contributed by atoms with van der Waals surface area (Å²) in [5, 5.41) is 29.8. The Labute approximate surface area is 155 Å². The maximum absolute atomic E-state index is 10.0. The molecule has 0 saturated heterocycles. The van der Waals surface area contributed by atoms with Gasteiger partial charge in [0, 0.05) is 31.0 Å². The molecule has 0 aromatic carbocycles. The van der Waals surface area contributed by atoms with Crippen LogP contribution in [0.4, 0.5) is 0 Å². The maximum atomic E-state index is 10.0. The Kier molecular flexibility index (Phi) is 4.90. The second-order valence-corrected chi connectivity index (χ2v) is 7.79. The molecule has 2 N–H and O–H groups in total. The van der Waals surface area contributed by atoms with Crippen LogP contribution in [0.2, 0.25) is 0 Å². The molecule has 3 rings (SSSR count). The summed E-state index contributed by atoms with van der Waals surface area (Å²) in [7, 11) is 0. The second-order valence-electron chi connectivity index (χ2n) is 7.79. The van der Waals surface area contributed by atoms with Crippen molar-refractivity contribution in [3.05, 3.63) is 35.1 Å². The van der Waals surface area contributed by atoms with Crippen molar-refractivity contribution in [2.24, 2.45) is 28.9 Å². The number of allylic oxidation sites excluding steroid dienone is 4. The lowest BCUT2D eigenvalue weighted by Crippen LogP contribution is -2.52. The summed E-state index contributed by atoms with van der Waals surface area (Å²) in [5.74, 6) is -0.124. The largest absolute Gasteiger partial charge is 0.399 e. The van der Waals surface area contributed by atoms with Gasteiger partial charge in [0.1, 0.15) is 6.07 Å². The fraction of sp³-hybridized carbons (Fsp3) is 0.571. The van der Waals surface area contributed by atoms with Crippen LogP contribution in [-0.2, 0) is 0 Å². The minimum atomic E-state index is -1.45. The Hall–Kier alpha value is -2.55. The fourth-order valence-corrected chi connectivity index (χ4v) is 4.82. The molecule has 0 saturated carbocycles. The van der Waals surface area contributed by atoms with Gasteiger partial charge in [0.15, 0.2) is 5.41 Å². The third kappa shape index (κ3) is 2.63. The highest BCUT2D eigenvalue weighted by Crippen LogP contribution is 2.53. The number of rotatable bonds is 2.